The summed E-state index contributed by atoms with van der Waals surface area (Å²) in [6, 6.07) is 11.6. The number of rotatable bonds is 7. The molecule has 0 unspecified atom stereocenters. The Balaban J connectivity index is 1.61. The van der Waals surface area contributed by atoms with Crippen molar-refractivity contribution in [2.75, 3.05) is 10.6 Å². The van der Waals surface area contributed by atoms with E-state index in [2.05, 4.69) is 30.8 Å². The number of hydrogen-bond acceptors (Lipinski definition) is 7. The highest BCUT2D eigenvalue weighted by molar-refractivity contribution is 5.57. The summed E-state index contributed by atoms with van der Waals surface area (Å²) in [7, 11) is 0. The minimum Gasteiger partial charge on any atom is -0.491 e. The highest BCUT2D eigenvalue weighted by Crippen LogP contribution is 2.19. The first-order valence-corrected chi connectivity index (χ1v) is 8.05. The monoisotopic (exact) mass is 336 g/mol. The molecule has 0 aliphatic carbocycles. The van der Waals surface area contributed by atoms with Gasteiger partial charge in [0.25, 0.3) is 0 Å². The molecule has 0 radical (unpaired) electrons. The Kier molecular flexibility index (Phi) is 5.36. The van der Waals surface area contributed by atoms with Crippen molar-refractivity contribution in [1.82, 2.24) is 20.2 Å². The van der Waals surface area contributed by atoms with Crippen LogP contribution in [0.1, 0.15) is 19.4 Å². The molecular weight excluding hydrogens is 316 g/mol. The fourth-order valence-corrected chi connectivity index (χ4v) is 2.16. The molecule has 0 fully saturated rings. The molecule has 2 N–H and O–H groups in total. The molecule has 1 aromatic carbocycles. The first-order valence-electron chi connectivity index (χ1n) is 8.05. The zero-order valence-corrected chi connectivity index (χ0v) is 14.2. The van der Waals surface area contributed by atoms with Gasteiger partial charge in [-0.05, 0) is 55.8 Å². The van der Waals surface area contributed by atoms with Crippen LogP contribution in [0.3, 0.4) is 0 Å². The Morgan fingerprint density at radius 3 is 2.52 bits per heavy atom. The van der Waals surface area contributed by atoms with E-state index in [0.717, 1.165) is 17.0 Å². The maximum Gasteiger partial charge on any atom is 0.244 e. The maximum atomic E-state index is 5.63. The van der Waals surface area contributed by atoms with Crippen LogP contribution in [-0.2, 0) is 6.54 Å². The molecular formula is C18H20N6O. The van der Waals surface area contributed by atoms with E-state index in [1.165, 1.54) is 0 Å². The van der Waals surface area contributed by atoms with E-state index in [1.54, 1.807) is 18.6 Å². The van der Waals surface area contributed by atoms with Crippen LogP contribution in [0.2, 0.25) is 0 Å². The number of nitrogens with zero attached hydrogens (tertiary/aromatic N) is 4. The number of benzene rings is 1. The van der Waals surface area contributed by atoms with E-state index in [0.29, 0.717) is 18.3 Å². The van der Waals surface area contributed by atoms with Crippen LogP contribution in [0, 0.1) is 0 Å². The Hall–Kier alpha value is -3.22. The molecule has 0 bridgehead atoms. The van der Waals surface area contributed by atoms with Gasteiger partial charge in [0.05, 0.1) is 12.3 Å². The maximum absolute atomic E-state index is 5.63. The van der Waals surface area contributed by atoms with Gasteiger partial charge >= 0.3 is 0 Å². The van der Waals surface area contributed by atoms with Gasteiger partial charge < -0.3 is 15.4 Å². The lowest BCUT2D eigenvalue weighted by molar-refractivity contribution is 0.242. The summed E-state index contributed by atoms with van der Waals surface area (Å²) in [6.07, 6.45) is 5.23. The Bertz CT molecular complexity index is 792. The number of aromatic nitrogens is 4. The smallest absolute Gasteiger partial charge is 0.244 e. The summed E-state index contributed by atoms with van der Waals surface area (Å²) < 4.78 is 5.63. The van der Waals surface area contributed by atoms with Gasteiger partial charge in [-0.2, -0.15) is 10.1 Å². The van der Waals surface area contributed by atoms with Gasteiger partial charge in [-0.15, -0.1) is 5.10 Å². The molecule has 7 nitrogen and oxygen atoms in total. The third kappa shape index (κ3) is 5.13. The first kappa shape index (κ1) is 16.6. The normalized spacial score (nSPS) is 10.5. The molecule has 7 heteroatoms. The molecule has 2 aromatic heterocycles. The molecule has 0 amide bonds. The number of ether oxygens (including phenoxy) is 1. The molecule has 2 heterocycles. The molecule has 0 aliphatic rings. The number of pyridine rings is 1. The van der Waals surface area contributed by atoms with Crippen LogP contribution in [0.4, 0.5) is 17.5 Å². The second-order valence-corrected chi connectivity index (χ2v) is 5.69. The van der Waals surface area contributed by atoms with Gasteiger partial charge in [0, 0.05) is 24.6 Å². The highest BCUT2D eigenvalue weighted by Gasteiger charge is 2.03. The zero-order valence-electron chi connectivity index (χ0n) is 14.2. The van der Waals surface area contributed by atoms with Crippen molar-refractivity contribution in [1.29, 1.82) is 0 Å². The standard InChI is InChI=1S/C18H20N6O/c1-13(2)25-16-5-3-15(4-6-16)22-17-12-21-24-18(23-17)20-11-14-7-9-19-10-8-14/h3-10,12-13H,11H2,1-2H3,(H2,20,22,23,24). The summed E-state index contributed by atoms with van der Waals surface area (Å²) in [6.45, 7) is 4.60. The largest absolute Gasteiger partial charge is 0.491 e. The molecule has 3 aromatic rings. The summed E-state index contributed by atoms with van der Waals surface area (Å²) in [5.41, 5.74) is 1.99. The minimum absolute atomic E-state index is 0.152. The molecule has 3 rings (SSSR count). The van der Waals surface area contributed by atoms with E-state index < -0.39 is 0 Å². The average molecular weight is 336 g/mol. The Labute approximate surface area is 146 Å². The van der Waals surface area contributed by atoms with E-state index in [4.69, 9.17) is 4.74 Å². The van der Waals surface area contributed by atoms with Crippen molar-refractivity contribution in [3.8, 4) is 5.75 Å². The molecule has 128 valence electrons. The molecule has 0 saturated carbocycles. The second-order valence-electron chi connectivity index (χ2n) is 5.69. The zero-order chi connectivity index (χ0) is 17.5. The van der Waals surface area contributed by atoms with E-state index in [9.17, 15) is 0 Å². The van der Waals surface area contributed by atoms with Gasteiger partial charge in [0.1, 0.15) is 5.75 Å². The summed E-state index contributed by atoms with van der Waals surface area (Å²) in [5, 5.41) is 14.3. The van der Waals surface area contributed by atoms with Gasteiger partial charge in [0.15, 0.2) is 5.82 Å². The molecule has 0 spiro atoms. The highest BCUT2D eigenvalue weighted by atomic mass is 16.5. The molecule has 25 heavy (non-hydrogen) atoms. The molecule has 0 saturated heterocycles. The predicted octanol–water partition coefficient (Wildman–Crippen LogP) is 3.41. The van der Waals surface area contributed by atoms with Crippen molar-refractivity contribution in [3.05, 3.63) is 60.6 Å². The van der Waals surface area contributed by atoms with Crippen molar-refractivity contribution < 1.29 is 4.74 Å². The van der Waals surface area contributed by atoms with Gasteiger partial charge in [-0.1, -0.05) is 0 Å². The van der Waals surface area contributed by atoms with Crippen LogP contribution < -0.4 is 15.4 Å². The van der Waals surface area contributed by atoms with Crippen LogP contribution in [-0.4, -0.2) is 26.3 Å². The van der Waals surface area contributed by atoms with Gasteiger partial charge in [-0.25, -0.2) is 0 Å². The Morgan fingerprint density at radius 2 is 1.80 bits per heavy atom. The van der Waals surface area contributed by atoms with Crippen LogP contribution in [0.5, 0.6) is 5.75 Å². The topological polar surface area (TPSA) is 84.9 Å². The van der Waals surface area contributed by atoms with Gasteiger partial charge in [-0.3, -0.25) is 4.98 Å². The molecule has 0 atom stereocenters. The van der Waals surface area contributed by atoms with Crippen molar-refractivity contribution >= 4 is 17.5 Å². The minimum atomic E-state index is 0.152. The second kappa shape index (κ2) is 8.05. The van der Waals surface area contributed by atoms with E-state index in [1.807, 2.05) is 50.2 Å². The van der Waals surface area contributed by atoms with E-state index in [-0.39, 0.29) is 6.10 Å². The summed E-state index contributed by atoms with van der Waals surface area (Å²) in [4.78, 5) is 8.40. The average Bonchev–Trinajstić information content (AvgIpc) is 2.62. The lowest BCUT2D eigenvalue weighted by atomic mass is 10.3. The van der Waals surface area contributed by atoms with Gasteiger partial charge in [0.2, 0.25) is 5.95 Å². The molecule has 0 aliphatic heterocycles. The third-order valence-electron chi connectivity index (χ3n) is 3.26. The van der Waals surface area contributed by atoms with Crippen molar-refractivity contribution in [2.45, 2.75) is 26.5 Å². The Morgan fingerprint density at radius 1 is 1.04 bits per heavy atom. The lowest BCUT2D eigenvalue weighted by Gasteiger charge is -2.11. The third-order valence-corrected chi connectivity index (χ3v) is 3.26. The number of nitrogens with one attached hydrogen (secondary N) is 2. The van der Waals surface area contributed by atoms with Crippen molar-refractivity contribution in [2.24, 2.45) is 0 Å². The van der Waals surface area contributed by atoms with Crippen LogP contribution in [0.15, 0.2) is 55.0 Å². The quantitative estimate of drug-likeness (QED) is 0.684. The van der Waals surface area contributed by atoms with Crippen molar-refractivity contribution in [3.63, 3.8) is 0 Å². The van der Waals surface area contributed by atoms with E-state index >= 15 is 0 Å². The van der Waals surface area contributed by atoms with Crippen LogP contribution >= 0.6 is 0 Å². The first-order chi connectivity index (χ1) is 12.2. The van der Waals surface area contributed by atoms with Crippen LogP contribution in [0.25, 0.3) is 0 Å². The summed E-state index contributed by atoms with van der Waals surface area (Å²) in [5.74, 6) is 1.91. The SMILES string of the molecule is CC(C)Oc1ccc(Nc2cnnc(NCc3ccncc3)n2)cc1. The fourth-order valence-electron chi connectivity index (χ4n) is 2.16. The lowest BCUT2D eigenvalue weighted by Crippen LogP contribution is -2.06. The number of anilines is 3. The summed E-state index contributed by atoms with van der Waals surface area (Å²) >= 11 is 0. The predicted molar refractivity (Wildman–Crippen MR) is 96.9 cm³/mol. The number of hydrogen-bond donors (Lipinski definition) is 2. The fraction of sp³-hybridized carbons (Fsp3) is 0.222.